The topological polar surface area (TPSA) is 79.6 Å². The summed E-state index contributed by atoms with van der Waals surface area (Å²) in [5.74, 6) is -0.273. The molecule has 1 fully saturated rings. The lowest BCUT2D eigenvalue weighted by molar-refractivity contribution is -0.127. The van der Waals surface area contributed by atoms with E-state index in [4.69, 9.17) is 4.42 Å². The number of thioether (sulfide) groups is 1. The van der Waals surface area contributed by atoms with E-state index in [-0.39, 0.29) is 11.4 Å². The lowest BCUT2D eigenvalue weighted by atomic mass is 10.2. The van der Waals surface area contributed by atoms with E-state index in [0.717, 1.165) is 22.2 Å². The number of carbonyl (C=O) groups excluding carboxylic acids is 3. The number of anilines is 1. The van der Waals surface area contributed by atoms with Crippen molar-refractivity contribution in [2.24, 2.45) is 0 Å². The summed E-state index contributed by atoms with van der Waals surface area (Å²) in [5, 5.41) is 2.21. The minimum atomic E-state index is -0.483. The van der Waals surface area contributed by atoms with Crippen LogP contribution >= 0.6 is 11.8 Å². The molecule has 3 amide bonds. The van der Waals surface area contributed by atoms with Gasteiger partial charge >= 0.3 is 0 Å². The Hall–Kier alpha value is -3.06. The standard InChI is InChI=1S/C19H16N2O4S/c1-13-7-9-14(10-8-13)20-17(22)12-21-18(23)16(26-19(21)24)6-2-4-15-5-3-11-25-15/h2-11H,12H2,1H3,(H,20,22)/b4-2+,16-6+. The van der Waals surface area contributed by atoms with E-state index in [1.165, 1.54) is 6.08 Å². The van der Waals surface area contributed by atoms with Crippen LogP contribution in [0.15, 0.2) is 64.1 Å². The van der Waals surface area contributed by atoms with E-state index in [0.29, 0.717) is 11.4 Å². The number of nitrogens with one attached hydrogen (secondary N) is 1. The van der Waals surface area contributed by atoms with Gasteiger partial charge in [0.05, 0.1) is 11.2 Å². The van der Waals surface area contributed by atoms with Gasteiger partial charge in [0.2, 0.25) is 5.91 Å². The first-order chi connectivity index (χ1) is 12.5. The SMILES string of the molecule is Cc1ccc(NC(=O)CN2C(=O)S/C(=C/C=C/c3ccco3)C2=O)cc1. The average Bonchev–Trinajstić information content (AvgIpc) is 3.21. The van der Waals surface area contributed by atoms with E-state index in [9.17, 15) is 14.4 Å². The second-order valence-electron chi connectivity index (χ2n) is 5.58. The minimum absolute atomic E-state index is 0.265. The van der Waals surface area contributed by atoms with Crippen molar-refractivity contribution in [3.8, 4) is 0 Å². The first-order valence-corrected chi connectivity index (χ1v) is 8.66. The van der Waals surface area contributed by atoms with Crippen LogP contribution in [0.4, 0.5) is 10.5 Å². The molecule has 0 radical (unpaired) electrons. The molecule has 0 atom stereocenters. The lowest BCUT2D eigenvalue weighted by Crippen LogP contribution is -2.36. The van der Waals surface area contributed by atoms with Gasteiger partial charge in [-0.05, 0) is 55.1 Å². The maximum atomic E-state index is 12.3. The molecule has 1 aromatic carbocycles. The largest absolute Gasteiger partial charge is 0.465 e. The van der Waals surface area contributed by atoms with Crippen LogP contribution in [0.5, 0.6) is 0 Å². The summed E-state index contributed by atoms with van der Waals surface area (Å²) < 4.78 is 5.15. The fraction of sp³-hybridized carbons (Fsp3) is 0.105. The van der Waals surface area contributed by atoms with Crippen LogP contribution in [0.25, 0.3) is 6.08 Å². The molecule has 2 aromatic rings. The Morgan fingerprint density at radius 2 is 2.00 bits per heavy atom. The molecule has 0 saturated carbocycles. The zero-order chi connectivity index (χ0) is 18.5. The van der Waals surface area contributed by atoms with Gasteiger partial charge in [0, 0.05) is 5.69 Å². The summed E-state index contributed by atoms with van der Waals surface area (Å²) in [5.41, 5.74) is 1.69. The highest BCUT2D eigenvalue weighted by molar-refractivity contribution is 8.18. The number of furan rings is 1. The molecule has 0 spiro atoms. The summed E-state index contributed by atoms with van der Waals surface area (Å²) in [6.45, 7) is 1.62. The molecule has 1 aliphatic rings. The molecule has 2 heterocycles. The maximum absolute atomic E-state index is 12.3. The Balaban J connectivity index is 1.61. The molecule has 0 aliphatic carbocycles. The quantitative estimate of drug-likeness (QED) is 0.812. The van der Waals surface area contributed by atoms with Crippen LogP contribution in [0.2, 0.25) is 0 Å². The lowest BCUT2D eigenvalue weighted by Gasteiger charge is -2.12. The average molecular weight is 368 g/mol. The summed E-state index contributed by atoms with van der Waals surface area (Å²) >= 11 is 0.806. The molecule has 1 aromatic heterocycles. The number of nitrogens with zero attached hydrogens (tertiary/aromatic N) is 1. The fourth-order valence-corrected chi connectivity index (χ4v) is 3.04. The van der Waals surface area contributed by atoms with Gasteiger partial charge in [-0.25, -0.2) is 0 Å². The molecule has 132 valence electrons. The molecule has 0 bridgehead atoms. The minimum Gasteiger partial charge on any atom is -0.465 e. The van der Waals surface area contributed by atoms with Crippen molar-refractivity contribution in [1.29, 1.82) is 0 Å². The van der Waals surface area contributed by atoms with E-state index >= 15 is 0 Å². The molecule has 3 rings (SSSR count). The smallest absolute Gasteiger partial charge is 0.294 e. The number of carbonyl (C=O) groups is 3. The van der Waals surface area contributed by atoms with Crippen molar-refractivity contribution in [3.05, 3.63) is 71.0 Å². The van der Waals surface area contributed by atoms with Crippen LogP contribution in [0.1, 0.15) is 11.3 Å². The van der Waals surface area contributed by atoms with Crippen molar-refractivity contribution in [2.45, 2.75) is 6.92 Å². The van der Waals surface area contributed by atoms with Gasteiger partial charge in [0.1, 0.15) is 12.3 Å². The highest BCUT2D eigenvalue weighted by Crippen LogP contribution is 2.30. The molecular formula is C19H16N2O4S. The number of benzene rings is 1. The fourth-order valence-electron chi connectivity index (χ4n) is 2.25. The van der Waals surface area contributed by atoms with Crippen molar-refractivity contribution in [2.75, 3.05) is 11.9 Å². The Morgan fingerprint density at radius 3 is 2.69 bits per heavy atom. The van der Waals surface area contributed by atoms with E-state index in [1.54, 1.807) is 42.7 Å². The van der Waals surface area contributed by atoms with E-state index in [2.05, 4.69) is 5.32 Å². The van der Waals surface area contributed by atoms with Gasteiger partial charge in [0.15, 0.2) is 0 Å². The molecular weight excluding hydrogens is 352 g/mol. The van der Waals surface area contributed by atoms with Crippen molar-refractivity contribution < 1.29 is 18.8 Å². The first-order valence-electron chi connectivity index (χ1n) is 7.85. The van der Waals surface area contributed by atoms with Crippen LogP contribution in [0.3, 0.4) is 0 Å². The third-order valence-electron chi connectivity index (χ3n) is 3.56. The second kappa shape index (κ2) is 7.88. The zero-order valence-electron chi connectivity index (χ0n) is 14.0. The molecule has 1 aliphatic heterocycles. The summed E-state index contributed by atoms with van der Waals surface area (Å²) in [6.07, 6.45) is 6.38. The van der Waals surface area contributed by atoms with Crippen LogP contribution in [-0.4, -0.2) is 28.5 Å². The van der Waals surface area contributed by atoms with Gasteiger partial charge in [-0.2, -0.15) is 0 Å². The predicted molar refractivity (Wildman–Crippen MR) is 100 cm³/mol. The number of imide groups is 1. The zero-order valence-corrected chi connectivity index (χ0v) is 14.8. The van der Waals surface area contributed by atoms with Gasteiger partial charge in [0.25, 0.3) is 11.1 Å². The highest BCUT2D eigenvalue weighted by atomic mass is 32.2. The third-order valence-corrected chi connectivity index (χ3v) is 4.49. The van der Waals surface area contributed by atoms with Crippen molar-refractivity contribution in [3.63, 3.8) is 0 Å². The van der Waals surface area contributed by atoms with Crippen molar-refractivity contribution >= 4 is 40.6 Å². The van der Waals surface area contributed by atoms with Crippen molar-refractivity contribution in [1.82, 2.24) is 4.90 Å². The number of rotatable bonds is 5. The molecule has 1 saturated heterocycles. The first kappa shape index (κ1) is 17.8. The van der Waals surface area contributed by atoms with E-state index < -0.39 is 17.1 Å². The Bertz CT molecular complexity index is 883. The molecule has 7 heteroatoms. The summed E-state index contributed by atoms with van der Waals surface area (Å²) in [4.78, 5) is 37.6. The monoisotopic (exact) mass is 368 g/mol. The predicted octanol–water partition coefficient (Wildman–Crippen LogP) is 3.82. The van der Waals surface area contributed by atoms with E-state index in [1.807, 2.05) is 19.1 Å². The second-order valence-corrected chi connectivity index (χ2v) is 6.57. The number of allylic oxidation sites excluding steroid dienone is 2. The maximum Gasteiger partial charge on any atom is 0.294 e. The molecule has 0 unspecified atom stereocenters. The molecule has 26 heavy (non-hydrogen) atoms. The Morgan fingerprint density at radius 1 is 1.23 bits per heavy atom. The number of aryl methyl sites for hydroxylation is 1. The normalized spacial score (nSPS) is 16.0. The molecule has 1 N–H and O–H groups in total. The van der Waals surface area contributed by atoms with Crippen LogP contribution < -0.4 is 5.32 Å². The number of hydrogen-bond donors (Lipinski definition) is 1. The van der Waals surface area contributed by atoms with Gasteiger partial charge in [-0.1, -0.05) is 23.8 Å². The molecule has 6 nitrogen and oxygen atoms in total. The highest BCUT2D eigenvalue weighted by Gasteiger charge is 2.35. The van der Waals surface area contributed by atoms with Gasteiger partial charge in [-0.3, -0.25) is 19.3 Å². The Kier molecular flexibility index (Phi) is 5.38. The summed E-state index contributed by atoms with van der Waals surface area (Å²) in [6, 6.07) is 10.8. The van der Waals surface area contributed by atoms with Crippen LogP contribution in [-0.2, 0) is 9.59 Å². The van der Waals surface area contributed by atoms with Gasteiger partial charge in [-0.15, -0.1) is 0 Å². The Labute approximate surface area is 154 Å². The van der Waals surface area contributed by atoms with Crippen LogP contribution in [0, 0.1) is 6.92 Å². The number of amides is 3. The third kappa shape index (κ3) is 4.31. The summed E-state index contributed by atoms with van der Waals surface area (Å²) in [7, 11) is 0. The number of hydrogen-bond acceptors (Lipinski definition) is 5. The van der Waals surface area contributed by atoms with Gasteiger partial charge < -0.3 is 9.73 Å².